The molecule has 6 nitrogen and oxygen atoms in total. The van der Waals surface area contributed by atoms with Crippen LogP contribution in [0.5, 0.6) is 5.75 Å². The van der Waals surface area contributed by atoms with Crippen LogP contribution in [0.25, 0.3) is 11.4 Å². The Balaban J connectivity index is 2.51. The second kappa shape index (κ2) is 6.58. The normalized spacial score (nSPS) is 10.3. The lowest BCUT2D eigenvalue weighted by atomic mass is 10.2. The number of hydrogen-bond acceptors (Lipinski definition) is 6. The van der Waals surface area contributed by atoms with Crippen LogP contribution >= 0.6 is 11.6 Å². The highest BCUT2D eigenvalue weighted by atomic mass is 35.5. The van der Waals surface area contributed by atoms with Gasteiger partial charge in [0.1, 0.15) is 5.75 Å². The molecular formula is C14H18ClN5O. The van der Waals surface area contributed by atoms with E-state index in [1.165, 1.54) is 0 Å². The van der Waals surface area contributed by atoms with Gasteiger partial charge in [-0.2, -0.15) is 15.0 Å². The predicted octanol–water partition coefficient (Wildman–Crippen LogP) is 2.70. The molecule has 0 spiro atoms. The number of halogens is 1. The molecule has 0 bridgehead atoms. The van der Waals surface area contributed by atoms with Gasteiger partial charge >= 0.3 is 0 Å². The maximum Gasteiger partial charge on any atom is 0.230 e. The van der Waals surface area contributed by atoms with Crippen molar-refractivity contribution in [1.82, 2.24) is 15.0 Å². The average Bonchev–Trinajstić information content (AvgIpc) is 2.47. The van der Waals surface area contributed by atoms with Gasteiger partial charge in [-0.05, 0) is 25.1 Å². The first kappa shape index (κ1) is 15.3. The Morgan fingerprint density at radius 1 is 1.24 bits per heavy atom. The molecule has 0 saturated heterocycles. The number of anilines is 2. The standard InChI is InChI=1S/C14H18ClN5O/c1-5-16-13-17-12(18-14(19-13)20(2)3)9-6-7-10(15)11(8-9)21-4/h6-8H,5H2,1-4H3,(H,16,17,18,19). The topological polar surface area (TPSA) is 63.2 Å². The van der Waals surface area contributed by atoms with Crippen molar-refractivity contribution < 1.29 is 4.74 Å². The van der Waals surface area contributed by atoms with E-state index in [1.54, 1.807) is 13.2 Å². The lowest BCUT2D eigenvalue weighted by molar-refractivity contribution is 0.415. The zero-order chi connectivity index (χ0) is 15.4. The SMILES string of the molecule is CCNc1nc(-c2ccc(Cl)c(OC)c2)nc(N(C)C)n1. The Morgan fingerprint density at radius 2 is 2.00 bits per heavy atom. The molecule has 1 N–H and O–H groups in total. The van der Waals surface area contributed by atoms with Crippen molar-refractivity contribution in [3.05, 3.63) is 23.2 Å². The highest BCUT2D eigenvalue weighted by Gasteiger charge is 2.11. The van der Waals surface area contributed by atoms with Gasteiger partial charge in [-0.25, -0.2) is 0 Å². The van der Waals surface area contributed by atoms with Gasteiger partial charge in [-0.3, -0.25) is 0 Å². The summed E-state index contributed by atoms with van der Waals surface area (Å²) in [5, 5.41) is 3.66. The fraction of sp³-hybridized carbons (Fsp3) is 0.357. The number of methoxy groups -OCH3 is 1. The van der Waals surface area contributed by atoms with Crippen molar-refractivity contribution in [3.63, 3.8) is 0 Å². The van der Waals surface area contributed by atoms with E-state index in [0.29, 0.717) is 28.5 Å². The van der Waals surface area contributed by atoms with Crippen LogP contribution in [0.1, 0.15) is 6.92 Å². The minimum atomic E-state index is 0.542. The summed E-state index contributed by atoms with van der Waals surface area (Å²) in [4.78, 5) is 15.1. The Hall–Kier alpha value is -2.08. The molecule has 0 aliphatic carbocycles. The number of nitrogens with one attached hydrogen (secondary N) is 1. The summed E-state index contributed by atoms with van der Waals surface area (Å²) in [6, 6.07) is 5.43. The van der Waals surface area contributed by atoms with Crippen molar-refractivity contribution in [3.8, 4) is 17.1 Å². The van der Waals surface area contributed by atoms with E-state index in [-0.39, 0.29) is 0 Å². The molecule has 1 heterocycles. The van der Waals surface area contributed by atoms with Gasteiger partial charge in [0, 0.05) is 26.2 Å². The molecule has 2 rings (SSSR count). The largest absolute Gasteiger partial charge is 0.495 e. The number of aromatic nitrogens is 3. The van der Waals surface area contributed by atoms with Crippen LogP contribution in [-0.2, 0) is 0 Å². The summed E-state index contributed by atoms with van der Waals surface area (Å²) in [6.45, 7) is 2.73. The molecule has 1 aromatic heterocycles. The Morgan fingerprint density at radius 3 is 2.62 bits per heavy atom. The summed E-state index contributed by atoms with van der Waals surface area (Å²) in [6.07, 6.45) is 0. The quantitative estimate of drug-likeness (QED) is 0.916. The molecule has 0 aliphatic heterocycles. The summed E-state index contributed by atoms with van der Waals surface area (Å²) < 4.78 is 5.23. The summed E-state index contributed by atoms with van der Waals surface area (Å²) >= 11 is 6.05. The van der Waals surface area contributed by atoms with Crippen LogP contribution in [-0.4, -0.2) is 42.7 Å². The maximum absolute atomic E-state index is 6.05. The van der Waals surface area contributed by atoms with Gasteiger partial charge < -0.3 is 15.0 Å². The minimum absolute atomic E-state index is 0.542. The molecule has 1 aromatic carbocycles. The number of hydrogen-bond donors (Lipinski definition) is 1. The molecule has 0 radical (unpaired) electrons. The second-order valence-electron chi connectivity index (χ2n) is 4.56. The van der Waals surface area contributed by atoms with Gasteiger partial charge in [-0.1, -0.05) is 11.6 Å². The molecule has 0 atom stereocenters. The molecule has 0 saturated carbocycles. The van der Waals surface area contributed by atoms with Gasteiger partial charge in [0.05, 0.1) is 12.1 Å². The van der Waals surface area contributed by atoms with E-state index in [0.717, 1.165) is 12.1 Å². The summed E-state index contributed by atoms with van der Waals surface area (Å²) in [5.74, 6) is 2.29. The van der Waals surface area contributed by atoms with Crippen molar-refractivity contribution >= 4 is 23.5 Å². The van der Waals surface area contributed by atoms with Crippen LogP contribution < -0.4 is 15.0 Å². The molecule has 0 aliphatic rings. The highest BCUT2D eigenvalue weighted by Crippen LogP contribution is 2.29. The van der Waals surface area contributed by atoms with Crippen molar-refractivity contribution in [2.45, 2.75) is 6.92 Å². The third-order valence-electron chi connectivity index (χ3n) is 2.77. The Labute approximate surface area is 129 Å². The third-order valence-corrected chi connectivity index (χ3v) is 3.08. The molecule has 7 heteroatoms. The van der Waals surface area contributed by atoms with E-state index in [4.69, 9.17) is 16.3 Å². The lowest BCUT2D eigenvalue weighted by Crippen LogP contribution is -2.15. The first-order valence-electron chi connectivity index (χ1n) is 6.56. The van der Waals surface area contributed by atoms with Crippen molar-refractivity contribution in [1.29, 1.82) is 0 Å². The number of rotatable bonds is 5. The van der Waals surface area contributed by atoms with Gasteiger partial charge in [0.2, 0.25) is 11.9 Å². The minimum Gasteiger partial charge on any atom is -0.495 e. The fourth-order valence-electron chi connectivity index (χ4n) is 1.73. The van der Waals surface area contributed by atoms with Gasteiger partial charge in [0.15, 0.2) is 5.82 Å². The average molecular weight is 308 g/mol. The van der Waals surface area contributed by atoms with Gasteiger partial charge in [0.25, 0.3) is 0 Å². The highest BCUT2D eigenvalue weighted by molar-refractivity contribution is 6.32. The van der Waals surface area contributed by atoms with Crippen molar-refractivity contribution in [2.75, 3.05) is 38.0 Å². The van der Waals surface area contributed by atoms with E-state index in [9.17, 15) is 0 Å². The van der Waals surface area contributed by atoms with E-state index in [2.05, 4.69) is 20.3 Å². The Kier molecular flexibility index (Phi) is 4.80. The van der Waals surface area contributed by atoms with Crippen LogP contribution in [0.2, 0.25) is 5.02 Å². The van der Waals surface area contributed by atoms with Crippen LogP contribution in [0, 0.1) is 0 Å². The molecule has 0 unspecified atom stereocenters. The zero-order valence-electron chi connectivity index (χ0n) is 12.5. The number of nitrogens with zero attached hydrogens (tertiary/aromatic N) is 4. The molecule has 21 heavy (non-hydrogen) atoms. The van der Waals surface area contributed by atoms with Crippen molar-refractivity contribution in [2.24, 2.45) is 0 Å². The van der Waals surface area contributed by atoms with E-state index in [1.807, 2.05) is 38.1 Å². The zero-order valence-corrected chi connectivity index (χ0v) is 13.3. The molecule has 112 valence electrons. The summed E-state index contributed by atoms with van der Waals surface area (Å²) in [5.41, 5.74) is 0.820. The van der Waals surface area contributed by atoms with E-state index < -0.39 is 0 Å². The van der Waals surface area contributed by atoms with Gasteiger partial charge in [-0.15, -0.1) is 0 Å². The fourth-order valence-corrected chi connectivity index (χ4v) is 1.92. The third kappa shape index (κ3) is 3.52. The van der Waals surface area contributed by atoms with E-state index >= 15 is 0 Å². The molecule has 2 aromatic rings. The molecule has 0 amide bonds. The second-order valence-corrected chi connectivity index (χ2v) is 4.96. The first-order chi connectivity index (χ1) is 10.0. The monoisotopic (exact) mass is 307 g/mol. The number of ether oxygens (including phenoxy) is 1. The van der Waals surface area contributed by atoms with Crippen LogP contribution in [0.3, 0.4) is 0 Å². The van der Waals surface area contributed by atoms with Crippen LogP contribution in [0.4, 0.5) is 11.9 Å². The smallest absolute Gasteiger partial charge is 0.230 e. The number of benzene rings is 1. The predicted molar refractivity (Wildman–Crippen MR) is 85.3 cm³/mol. The Bertz CT molecular complexity index is 633. The first-order valence-corrected chi connectivity index (χ1v) is 6.94. The maximum atomic E-state index is 6.05. The lowest BCUT2D eigenvalue weighted by Gasteiger charge is -2.13. The van der Waals surface area contributed by atoms with Crippen LogP contribution in [0.15, 0.2) is 18.2 Å². The molecular weight excluding hydrogens is 290 g/mol. The molecule has 0 fully saturated rings. The summed E-state index contributed by atoms with van der Waals surface area (Å²) in [7, 11) is 5.35.